The summed E-state index contributed by atoms with van der Waals surface area (Å²) in [7, 11) is 0. The minimum Gasteiger partial charge on any atom is -0.379 e. The van der Waals surface area contributed by atoms with Crippen molar-refractivity contribution >= 4 is 17.2 Å². The van der Waals surface area contributed by atoms with Gasteiger partial charge in [-0.2, -0.15) is 5.10 Å². The van der Waals surface area contributed by atoms with Crippen molar-refractivity contribution in [1.29, 1.82) is 0 Å². The predicted molar refractivity (Wildman–Crippen MR) is 131 cm³/mol. The number of thiophene rings is 1. The molecular weight excluding hydrogens is 432 g/mol. The maximum Gasteiger partial charge on any atom is 0.255 e. The van der Waals surface area contributed by atoms with Crippen LogP contribution in [-0.2, 0) is 17.8 Å². The summed E-state index contributed by atoms with van der Waals surface area (Å²) in [5.41, 5.74) is 4.56. The van der Waals surface area contributed by atoms with E-state index in [4.69, 9.17) is 9.84 Å². The van der Waals surface area contributed by atoms with Crippen molar-refractivity contribution in [2.75, 3.05) is 26.3 Å². The van der Waals surface area contributed by atoms with Crippen molar-refractivity contribution in [3.63, 3.8) is 0 Å². The van der Waals surface area contributed by atoms with Crippen LogP contribution in [0.4, 0.5) is 0 Å². The third-order valence-corrected chi connectivity index (χ3v) is 6.67. The van der Waals surface area contributed by atoms with Crippen LogP contribution in [0.1, 0.15) is 21.5 Å². The molecule has 0 atom stereocenters. The molecule has 4 aromatic rings. The SMILES string of the molecule is O=C(NCc1ccccc1CN1CCOCC1)c1cn(-c2ccccc2)nc1-c1cccs1. The largest absolute Gasteiger partial charge is 0.379 e. The van der Waals surface area contributed by atoms with Crippen LogP contribution in [0.15, 0.2) is 78.3 Å². The van der Waals surface area contributed by atoms with Gasteiger partial charge in [0.05, 0.1) is 29.3 Å². The fourth-order valence-corrected chi connectivity index (χ4v) is 4.73. The zero-order valence-electron chi connectivity index (χ0n) is 18.3. The molecule has 0 radical (unpaired) electrons. The van der Waals surface area contributed by atoms with Crippen molar-refractivity contribution in [2.24, 2.45) is 0 Å². The van der Waals surface area contributed by atoms with Gasteiger partial charge in [-0.3, -0.25) is 9.69 Å². The lowest BCUT2D eigenvalue weighted by Crippen LogP contribution is -2.36. The molecule has 33 heavy (non-hydrogen) atoms. The van der Waals surface area contributed by atoms with E-state index in [-0.39, 0.29) is 5.91 Å². The highest BCUT2D eigenvalue weighted by Gasteiger charge is 2.20. The Morgan fingerprint density at radius 2 is 1.73 bits per heavy atom. The normalized spacial score (nSPS) is 14.3. The zero-order valence-corrected chi connectivity index (χ0v) is 19.1. The number of nitrogens with zero attached hydrogens (tertiary/aromatic N) is 3. The average molecular weight is 459 g/mol. The number of para-hydroxylation sites is 1. The number of morpholine rings is 1. The molecule has 3 heterocycles. The number of ether oxygens (including phenoxy) is 1. The Labute approximate surface area is 197 Å². The Hall–Kier alpha value is -3.26. The molecule has 0 saturated carbocycles. The molecule has 168 valence electrons. The number of carbonyl (C=O) groups excluding carboxylic acids is 1. The Kier molecular flexibility index (Phi) is 6.62. The minimum atomic E-state index is -0.123. The Bertz CT molecular complexity index is 1200. The molecule has 2 aromatic carbocycles. The van der Waals surface area contributed by atoms with Crippen LogP contribution in [0.25, 0.3) is 16.3 Å². The second-order valence-corrected chi connectivity index (χ2v) is 8.94. The van der Waals surface area contributed by atoms with Gasteiger partial charge in [0.1, 0.15) is 5.69 Å². The van der Waals surface area contributed by atoms with Crippen molar-refractivity contribution < 1.29 is 9.53 Å². The molecule has 2 aromatic heterocycles. The predicted octanol–water partition coefficient (Wildman–Crippen LogP) is 4.36. The summed E-state index contributed by atoms with van der Waals surface area (Å²) < 4.78 is 7.24. The van der Waals surface area contributed by atoms with E-state index in [0.717, 1.165) is 49.0 Å². The van der Waals surface area contributed by atoms with E-state index in [2.05, 4.69) is 28.4 Å². The molecule has 6 nitrogen and oxygen atoms in total. The molecule has 0 bridgehead atoms. The van der Waals surface area contributed by atoms with Crippen molar-refractivity contribution in [1.82, 2.24) is 20.0 Å². The maximum atomic E-state index is 13.3. The van der Waals surface area contributed by atoms with E-state index < -0.39 is 0 Å². The number of hydrogen-bond donors (Lipinski definition) is 1. The van der Waals surface area contributed by atoms with E-state index in [9.17, 15) is 4.79 Å². The van der Waals surface area contributed by atoms with Gasteiger partial charge in [-0.05, 0) is 34.7 Å². The lowest BCUT2D eigenvalue weighted by molar-refractivity contribution is 0.0340. The van der Waals surface area contributed by atoms with Crippen LogP contribution in [0, 0.1) is 0 Å². The van der Waals surface area contributed by atoms with Gasteiger partial charge in [0, 0.05) is 32.4 Å². The smallest absolute Gasteiger partial charge is 0.255 e. The highest BCUT2D eigenvalue weighted by molar-refractivity contribution is 7.13. The molecule has 1 fully saturated rings. The summed E-state index contributed by atoms with van der Waals surface area (Å²) in [6.07, 6.45) is 1.82. The average Bonchev–Trinajstić information content (AvgIpc) is 3.55. The van der Waals surface area contributed by atoms with E-state index in [0.29, 0.717) is 17.8 Å². The van der Waals surface area contributed by atoms with Gasteiger partial charge in [-0.25, -0.2) is 4.68 Å². The summed E-state index contributed by atoms with van der Waals surface area (Å²) in [4.78, 5) is 16.7. The van der Waals surface area contributed by atoms with E-state index in [1.807, 2.05) is 60.1 Å². The molecule has 7 heteroatoms. The molecule has 5 rings (SSSR count). The summed E-state index contributed by atoms with van der Waals surface area (Å²) in [6, 6.07) is 22.1. The van der Waals surface area contributed by atoms with Crippen LogP contribution in [0.2, 0.25) is 0 Å². The molecule has 1 saturated heterocycles. The van der Waals surface area contributed by atoms with E-state index in [1.54, 1.807) is 16.0 Å². The molecule has 1 N–H and O–H groups in total. The summed E-state index contributed by atoms with van der Waals surface area (Å²) >= 11 is 1.58. The van der Waals surface area contributed by atoms with Crippen molar-refractivity contribution in [3.05, 3.63) is 95.0 Å². The van der Waals surface area contributed by atoms with Gasteiger partial charge in [0.25, 0.3) is 5.91 Å². The Morgan fingerprint density at radius 3 is 2.48 bits per heavy atom. The van der Waals surface area contributed by atoms with Gasteiger partial charge in [0.15, 0.2) is 0 Å². The van der Waals surface area contributed by atoms with Gasteiger partial charge in [-0.1, -0.05) is 48.5 Å². The molecular formula is C26H26N4O2S. The van der Waals surface area contributed by atoms with E-state index in [1.165, 1.54) is 5.56 Å². The Balaban J connectivity index is 1.36. The summed E-state index contributed by atoms with van der Waals surface area (Å²) in [5.74, 6) is -0.123. The van der Waals surface area contributed by atoms with E-state index >= 15 is 0 Å². The number of rotatable bonds is 7. The first-order valence-corrected chi connectivity index (χ1v) is 12.0. The van der Waals surface area contributed by atoms with Crippen molar-refractivity contribution in [2.45, 2.75) is 13.1 Å². The lowest BCUT2D eigenvalue weighted by Gasteiger charge is -2.27. The van der Waals surface area contributed by atoms with Crippen LogP contribution >= 0.6 is 11.3 Å². The topological polar surface area (TPSA) is 59.4 Å². The monoisotopic (exact) mass is 458 g/mol. The molecule has 1 aliphatic heterocycles. The quantitative estimate of drug-likeness (QED) is 0.447. The maximum absolute atomic E-state index is 13.3. The Morgan fingerprint density at radius 1 is 0.970 bits per heavy atom. The third kappa shape index (κ3) is 5.06. The fraction of sp³-hybridized carbons (Fsp3) is 0.231. The third-order valence-electron chi connectivity index (χ3n) is 5.79. The first-order valence-electron chi connectivity index (χ1n) is 11.1. The molecule has 0 aliphatic carbocycles. The standard InChI is InChI=1S/C26H26N4O2S/c31-26(27-17-20-7-4-5-8-21(20)18-29-12-14-32-15-13-29)23-19-30(22-9-2-1-3-10-22)28-25(23)24-11-6-16-33-24/h1-11,16,19H,12-15,17-18H2,(H,27,31). The van der Waals surface area contributed by atoms with Gasteiger partial charge >= 0.3 is 0 Å². The number of carbonyl (C=O) groups is 1. The number of nitrogens with one attached hydrogen (secondary N) is 1. The highest BCUT2D eigenvalue weighted by atomic mass is 32.1. The highest BCUT2D eigenvalue weighted by Crippen LogP contribution is 2.28. The second kappa shape index (κ2) is 10.1. The van der Waals surface area contributed by atoms with Crippen LogP contribution in [0.5, 0.6) is 0 Å². The van der Waals surface area contributed by atoms with Crippen LogP contribution in [0.3, 0.4) is 0 Å². The van der Waals surface area contributed by atoms with Gasteiger partial charge < -0.3 is 10.1 Å². The van der Waals surface area contributed by atoms with Crippen molar-refractivity contribution in [3.8, 4) is 16.3 Å². The van der Waals surface area contributed by atoms with Gasteiger partial charge in [0.2, 0.25) is 0 Å². The van der Waals surface area contributed by atoms with Crippen LogP contribution < -0.4 is 5.32 Å². The summed E-state index contributed by atoms with van der Waals surface area (Å²) in [6.45, 7) is 4.75. The molecule has 0 unspecified atom stereocenters. The first-order chi connectivity index (χ1) is 16.3. The number of amides is 1. The number of benzene rings is 2. The second-order valence-electron chi connectivity index (χ2n) is 7.99. The zero-order chi connectivity index (χ0) is 22.5. The van der Waals surface area contributed by atoms with Crippen LogP contribution in [-0.4, -0.2) is 46.9 Å². The minimum absolute atomic E-state index is 0.123. The number of aromatic nitrogens is 2. The first kappa shape index (κ1) is 21.6. The fourth-order valence-electron chi connectivity index (χ4n) is 4.00. The summed E-state index contributed by atoms with van der Waals surface area (Å²) in [5, 5.41) is 9.87. The molecule has 0 spiro atoms. The lowest BCUT2D eigenvalue weighted by atomic mass is 10.1. The molecule has 1 aliphatic rings. The molecule has 1 amide bonds. The van der Waals surface area contributed by atoms with Gasteiger partial charge in [-0.15, -0.1) is 11.3 Å². The number of hydrogen-bond acceptors (Lipinski definition) is 5.